The van der Waals surface area contributed by atoms with Gasteiger partial charge in [0.1, 0.15) is 22.0 Å². The van der Waals surface area contributed by atoms with E-state index in [-0.39, 0.29) is 17.8 Å². The normalized spacial score (nSPS) is 14.4. The van der Waals surface area contributed by atoms with E-state index in [0.29, 0.717) is 6.42 Å². The van der Waals surface area contributed by atoms with E-state index in [1.54, 1.807) is 0 Å². The Bertz CT molecular complexity index is 798. The van der Waals surface area contributed by atoms with E-state index in [4.69, 9.17) is 20.1 Å². The first-order chi connectivity index (χ1) is 13.1. The van der Waals surface area contributed by atoms with Crippen LogP contribution in [0.4, 0.5) is 9.59 Å². The highest BCUT2D eigenvalue weighted by Crippen LogP contribution is 2.33. The standard InChI is InChI=1S/C15H14N2O7.CH2O3/c18-14(19)24-13-8-9-15(16(20)21,17(22)23)10-12(13)7-6-11-4-2-1-3-5-11;2-1(3)4/h1-5,8-9H,6-7,10H2,(H,18,19);(H2,2,3,4). The van der Waals surface area contributed by atoms with Crippen molar-refractivity contribution in [1.82, 2.24) is 0 Å². The maximum Gasteiger partial charge on any atom is 0.511 e. The SMILES string of the molecule is O=C(O)O.O=C(O)OC1=C(CCc2ccccc2)CC([N+](=O)[O-])([N+](=O)[O-])C=C1. The number of hydrogen-bond acceptors (Lipinski definition) is 7. The van der Waals surface area contributed by atoms with Gasteiger partial charge in [-0.15, -0.1) is 0 Å². The van der Waals surface area contributed by atoms with Crippen molar-refractivity contribution in [2.45, 2.75) is 24.9 Å². The molecule has 0 aromatic heterocycles. The molecule has 12 heteroatoms. The molecule has 0 saturated heterocycles. The molecule has 0 unspecified atom stereocenters. The van der Waals surface area contributed by atoms with Crippen LogP contribution in [0.3, 0.4) is 0 Å². The lowest BCUT2D eigenvalue weighted by atomic mass is 9.90. The summed E-state index contributed by atoms with van der Waals surface area (Å²) in [6.45, 7) is 0. The number of benzene rings is 1. The molecule has 1 aliphatic rings. The summed E-state index contributed by atoms with van der Waals surface area (Å²) in [6, 6.07) is 9.14. The zero-order valence-corrected chi connectivity index (χ0v) is 14.3. The monoisotopic (exact) mass is 396 g/mol. The van der Waals surface area contributed by atoms with Gasteiger partial charge in [-0.05, 0) is 30.1 Å². The van der Waals surface area contributed by atoms with Crippen LogP contribution >= 0.6 is 0 Å². The van der Waals surface area contributed by atoms with Crippen LogP contribution in [0.2, 0.25) is 0 Å². The Morgan fingerprint density at radius 2 is 1.57 bits per heavy atom. The van der Waals surface area contributed by atoms with Crippen LogP contribution in [0.25, 0.3) is 0 Å². The smallest absolute Gasteiger partial charge is 0.450 e. The molecule has 3 N–H and O–H groups in total. The Kier molecular flexibility index (Phi) is 7.62. The highest BCUT2D eigenvalue weighted by atomic mass is 16.7. The quantitative estimate of drug-likeness (QED) is 0.279. The van der Waals surface area contributed by atoms with Crippen molar-refractivity contribution in [3.05, 3.63) is 79.6 Å². The number of allylic oxidation sites excluding steroid dienone is 1. The minimum absolute atomic E-state index is 0.0993. The van der Waals surface area contributed by atoms with Gasteiger partial charge in [-0.3, -0.25) is 20.2 Å². The summed E-state index contributed by atoms with van der Waals surface area (Å²) >= 11 is 0. The van der Waals surface area contributed by atoms with Crippen molar-refractivity contribution in [3.63, 3.8) is 0 Å². The lowest BCUT2D eigenvalue weighted by molar-refractivity contribution is -0.780. The second-order valence-electron chi connectivity index (χ2n) is 5.51. The average Bonchev–Trinajstić information content (AvgIpc) is 2.60. The molecule has 0 heterocycles. The van der Waals surface area contributed by atoms with Gasteiger partial charge in [-0.1, -0.05) is 30.3 Å². The van der Waals surface area contributed by atoms with Gasteiger partial charge in [0.15, 0.2) is 0 Å². The van der Waals surface area contributed by atoms with Gasteiger partial charge >= 0.3 is 18.0 Å². The second kappa shape index (κ2) is 9.66. The van der Waals surface area contributed by atoms with E-state index in [1.807, 2.05) is 30.3 Å². The van der Waals surface area contributed by atoms with E-state index in [9.17, 15) is 25.0 Å². The average molecular weight is 396 g/mol. The van der Waals surface area contributed by atoms with Crippen LogP contribution in [-0.2, 0) is 11.2 Å². The Balaban J connectivity index is 0.000000892. The van der Waals surface area contributed by atoms with Crippen molar-refractivity contribution < 1.29 is 39.5 Å². The highest BCUT2D eigenvalue weighted by molar-refractivity contribution is 5.59. The fourth-order valence-corrected chi connectivity index (χ4v) is 2.46. The van der Waals surface area contributed by atoms with Gasteiger partial charge in [-0.2, -0.15) is 0 Å². The van der Waals surface area contributed by atoms with E-state index in [1.165, 1.54) is 0 Å². The summed E-state index contributed by atoms with van der Waals surface area (Å²) in [5, 5.41) is 45.1. The minimum atomic E-state index is -2.50. The van der Waals surface area contributed by atoms with Gasteiger partial charge in [-0.25, -0.2) is 9.59 Å². The zero-order valence-electron chi connectivity index (χ0n) is 14.3. The fourth-order valence-electron chi connectivity index (χ4n) is 2.46. The number of carboxylic acid groups (broad SMARTS) is 3. The van der Waals surface area contributed by atoms with Gasteiger partial charge in [0.25, 0.3) is 0 Å². The van der Waals surface area contributed by atoms with Crippen molar-refractivity contribution >= 4 is 12.3 Å². The number of rotatable bonds is 6. The summed E-state index contributed by atoms with van der Waals surface area (Å²) in [5.74, 6) is -0.0993. The lowest BCUT2D eigenvalue weighted by Gasteiger charge is -2.21. The van der Waals surface area contributed by atoms with Crippen LogP contribution in [0, 0.1) is 20.2 Å². The third-order valence-electron chi connectivity index (χ3n) is 3.71. The van der Waals surface area contributed by atoms with Crippen molar-refractivity contribution in [2.24, 2.45) is 0 Å². The summed E-state index contributed by atoms with van der Waals surface area (Å²) in [4.78, 5) is 39.7. The van der Waals surface area contributed by atoms with Gasteiger partial charge in [0.05, 0.1) is 6.08 Å². The second-order valence-corrected chi connectivity index (χ2v) is 5.51. The maximum atomic E-state index is 11.2. The number of nitro groups is 2. The van der Waals surface area contributed by atoms with Crippen LogP contribution in [0.15, 0.2) is 53.8 Å². The van der Waals surface area contributed by atoms with Gasteiger partial charge in [0, 0.05) is 0 Å². The van der Waals surface area contributed by atoms with Crippen LogP contribution in [0.1, 0.15) is 18.4 Å². The number of ether oxygens (including phenoxy) is 1. The summed E-state index contributed by atoms with van der Waals surface area (Å²) in [5.41, 5.74) is -1.36. The Labute approximate surface area is 157 Å². The van der Waals surface area contributed by atoms with Crippen LogP contribution in [-0.4, -0.2) is 43.1 Å². The van der Waals surface area contributed by atoms with Crippen molar-refractivity contribution in [1.29, 1.82) is 0 Å². The molecular weight excluding hydrogens is 380 g/mol. The third-order valence-corrected chi connectivity index (χ3v) is 3.71. The Morgan fingerprint density at radius 3 is 2.04 bits per heavy atom. The molecule has 1 aromatic rings. The molecule has 12 nitrogen and oxygen atoms in total. The fraction of sp³-hybridized carbons (Fsp3) is 0.250. The largest absolute Gasteiger partial charge is 0.511 e. The van der Waals surface area contributed by atoms with Gasteiger partial charge in [0.2, 0.25) is 0 Å². The maximum absolute atomic E-state index is 11.2. The lowest BCUT2D eigenvalue weighted by Crippen LogP contribution is -2.46. The minimum Gasteiger partial charge on any atom is -0.450 e. The first-order valence-corrected chi connectivity index (χ1v) is 7.65. The van der Waals surface area contributed by atoms with E-state index < -0.39 is 34.2 Å². The molecular formula is C16H16N2O10. The zero-order chi connectivity index (χ0) is 21.3. The first kappa shape index (κ1) is 22.1. The van der Waals surface area contributed by atoms with E-state index in [0.717, 1.165) is 17.7 Å². The summed E-state index contributed by atoms with van der Waals surface area (Å²) < 4.78 is 4.61. The molecule has 0 fully saturated rings. The number of hydrogen-bond donors (Lipinski definition) is 3. The van der Waals surface area contributed by atoms with E-state index in [2.05, 4.69) is 4.74 Å². The molecule has 0 saturated carbocycles. The van der Waals surface area contributed by atoms with Crippen LogP contribution in [0.5, 0.6) is 0 Å². The van der Waals surface area contributed by atoms with Crippen LogP contribution < -0.4 is 0 Å². The molecule has 0 spiro atoms. The van der Waals surface area contributed by atoms with Crippen molar-refractivity contribution in [3.8, 4) is 0 Å². The molecule has 0 atom stereocenters. The Morgan fingerprint density at radius 1 is 1.04 bits per heavy atom. The predicted octanol–water partition coefficient (Wildman–Crippen LogP) is 3.00. The molecule has 2 rings (SSSR count). The Hall–Kier alpha value is -3.96. The number of carbonyl (C=O) groups is 2. The summed E-state index contributed by atoms with van der Waals surface area (Å²) in [6.07, 6.45) is -1.55. The van der Waals surface area contributed by atoms with Crippen molar-refractivity contribution in [2.75, 3.05) is 0 Å². The molecule has 0 radical (unpaired) electrons. The molecule has 1 aromatic carbocycles. The molecule has 0 aliphatic heterocycles. The highest BCUT2D eigenvalue weighted by Gasteiger charge is 2.56. The predicted molar refractivity (Wildman–Crippen MR) is 92.0 cm³/mol. The third kappa shape index (κ3) is 6.09. The number of nitrogens with zero attached hydrogens (tertiary/aromatic N) is 2. The number of aryl methyl sites for hydroxylation is 1. The van der Waals surface area contributed by atoms with Gasteiger partial charge < -0.3 is 20.1 Å². The topological polar surface area (TPSA) is 190 Å². The molecule has 28 heavy (non-hydrogen) atoms. The molecule has 1 aliphatic carbocycles. The van der Waals surface area contributed by atoms with E-state index >= 15 is 0 Å². The molecule has 150 valence electrons. The first-order valence-electron chi connectivity index (χ1n) is 7.65. The summed E-state index contributed by atoms with van der Waals surface area (Å²) in [7, 11) is 0. The molecule has 0 bridgehead atoms. The molecule has 0 amide bonds.